The fraction of sp³-hybridized carbons (Fsp3) is 0.444. The maximum atomic E-state index is 13.6. The van der Waals surface area contributed by atoms with E-state index in [4.69, 9.17) is 17.3 Å². The van der Waals surface area contributed by atoms with Crippen molar-refractivity contribution in [1.82, 2.24) is 24.6 Å². The molecular weight excluding hydrogens is 547 g/mol. The number of Topliss-reactive ketones (excluding diaryl/α,β-unsaturated/α-hetero) is 1. The number of nitrogens with two attached hydrogens (primary N) is 1. The molecule has 4 rings (SSSR count). The number of imidazole rings is 1. The first-order chi connectivity index (χ1) is 19.1. The van der Waals surface area contributed by atoms with Gasteiger partial charge >= 0.3 is 6.18 Å². The van der Waals surface area contributed by atoms with Crippen LogP contribution in [0.2, 0.25) is 5.02 Å². The van der Waals surface area contributed by atoms with Crippen LogP contribution in [0, 0.1) is 0 Å². The minimum atomic E-state index is -4.65. The smallest absolute Gasteiger partial charge is 0.352 e. The number of rotatable bonds is 13. The molecule has 0 aliphatic heterocycles. The summed E-state index contributed by atoms with van der Waals surface area (Å²) in [5, 5.41) is 6.76. The Kier molecular flexibility index (Phi) is 9.41. The number of unbranched alkanes of at least 4 members (excludes halogenated alkanes) is 4. The van der Waals surface area contributed by atoms with Gasteiger partial charge in [-0.3, -0.25) is 19.3 Å². The third-order valence-electron chi connectivity index (χ3n) is 6.60. The van der Waals surface area contributed by atoms with Crippen LogP contribution in [0.5, 0.6) is 0 Å². The summed E-state index contributed by atoms with van der Waals surface area (Å²) >= 11 is 6.28. The van der Waals surface area contributed by atoms with Crippen LogP contribution < -0.4 is 11.1 Å². The number of carbonyl (C=O) groups excluding carboxylic acids is 2. The lowest BCUT2D eigenvalue weighted by atomic mass is 10.1. The van der Waals surface area contributed by atoms with E-state index >= 15 is 0 Å². The summed E-state index contributed by atoms with van der Waals surface area (Å²) in [4.78, 5) is 33.4. The summed E-state index contributed by atoms with van der Waals surface area (Å²) in [6, 6.07) is 4.48. The molecule has 2 aromatic heterocycles. The number of alkyl halides is 3. The Morgan fingerprint density at radius 2 is 1.93 bits per heavy atom. The number of aliphatic imine (C=N–C) groups is 1. The lowest BCUT2D eigenvalue weighted by Gasteiger charge is -2.08. The van der Waals surface area contributed by atoms with Crippen LogP contribution in [0.25, 0.3) is 11.3 Å². The van der Waals surface area contributed by atoms with Gasteiger partial charge in [0.15, 0.2) is 11.5 Å². The Balaban J connectivity index is 1.40. The second-order valence-corrected chi connectivity index (χ2v) is 10.1. The molecule has 0 atom stereocenters. The van der Waals surface area contributed by atoms with Crippen molar-refractivity contribution >= 4 is 35.2 Å². The maximum Gasteiger partial charge on any atom is 0.435 e. The highest BCUT2D eigenvalue weighted by Crippen LogP contribution is 2.41. The van der Waals surface area contributed by atoms with Gasteiger partial charge in [0, 0.05) is 19.8 Å². The molecule has 1 amide bonds. The van der Waals surface area contributed by atoms with E-state index in [0.29, 0.717) is 18.8 Å². The van der Waals surface area contributed by atoms with Crippen LogP contribution >= 0.6 is 11.6 Å². The zero-order valence-electron chi connectivity index (χ0n) is 22.0. The standard InChI is InChI=1S/C27H31ClF3N7O2/c1-37-22(20-16-38(18-8-9-18)36-24(20)27(29,30)31)14-35-25(37)23(39)15-34-17-7-10-19(21(28)13-17)26(40)33-12-6-4-2-3-5-11-32/h7,10,13-16,18H,2-6,8-9,11-12,32H2,1H3,(H,33,40). The van der Waals surface area contributed by atoms with Crippen LogP contribution in [0.1, 0.15) is 77.7 Å². The quantitative estimate of drug-likeness (QED) is 0.158. The highest BCUT2D eigenvalue weighted by molar-refractivity contribution is 6.35. The van der Waals surface area contributed by atoms with Gasteiger partial charge in [-0.25, -0.2) is 4.98 Å². The fourth-order valence-corrected chi connectivity index (χ4v) is 4.52. The van der Waals surface area contributed by atoms with Gasteiger partial charge in [-0.15, -0.1) is 0 Å². The lowest BCUT2D eigenvalue weighted by molar-refractivity contribution is -0.141. The van der Waals surface area contributed by atoms with Crippen molar-refractivity contribution in [2.24, 2.45) is 17.8 Å². The number of nitrogens with zero attached hydrogens (tertiary/aromatic N) is 5. The first kappa shape index (κ1) is 29.5. The molecule has 3 N–H and O–H groups in total. The maximum absolute atomic E-state index is 13.6. The third-order valence-corrected chi connectivity index (χ3v) is 6.91. The topological polar surface area (TPSA) is 120 Å². The number of amides is 1. The molecule has 3 aromatic rings. The zero-order valence-corrected chi connectivity index (χ0v) is 22.8. The third kappa shape index (κ3) is 7.16. The summed E-state index contributed by atoms with van der Waals surface area (Å²) in [5.41, 5.74) is 5.05. The van der Waals surface area contributed by atoms with E-state index in [9.17, 15) is 22.8 Å². The normalized spacial score (nSPS) is 13.8. The predicted molar refractivity (Wildman–Crippen MR) is 146 cm³/mol. The summed E-state index contributed by atoms with van der Waals surface area (Å²) in [6.07, 6.45) is 5.47. The average molecular weight is 578 g/mol. The van der Waals surface area contributed by atoms with Gasteiger partial charge in [0.1, 0.15) is 0 Å². The van der Waals surface area contributed by atoms with Gasteiger partial charge in [0.2, 0.25) is 5.78 Å². The number of aromatic nitrogens is 4. The molecule has 13 heteroatoms. The van der Waals surface area contributed by atoms with Crippen molar-refractivity contribution in [2.75, 3.05) is 13.1 Å². The minimum absolute atomic E-state index is 0.0443. The van der Waals surface area contributed by atoms with Crippen molar-refractivity contribution in [3.8, 4) is 11.3 Å². The molecule has 2 heterocycles. The molecule has 0 spiro atoms. The average Bonchev–Trinajstić information content (AvgIpc) is 3.54. The SMILES string of the molecule is Cn1c(-c2cn(C3CC3)nc2C(F)(F)F)cnc1C(=O)C=Nc1ccc(C(=O)NCCCCCCCN)c(Cl)c1. The van der Waals surface area contributed by atoms with Crippen molar-refractivity contribution in [1.29, 1.82) is 0 Å². The van der Waals surface area contributed by atoms with Crippen LogP contribution in [-0.2, 0) is 13.2 Å². The molecular formula is C27H31ClF3N7O2. The molecule has 0 radical (unpaired) electrons. The molecule has 0 bridgehead atoms. The van der Waals surface area contributed by atoms with Gasteiger partial charge in [-0.2, -0.15) is 18.3 Å². The Hall–Kier alpha value is -3.51. The van der Waals surface area contributed by atoms with Crippen LogP contribution in [-0.4, -0.2) is 50.3 Å². The number of benzene rings is 1. The van der Waals surface area contributed by atoms with Crippen molar-refractivity contribution in [2.45, 2.75) is 57.2 Å². The first-order valence-corrected chi connectivity index (χ1v) is 13.5. The van der Waals surface area contributed by atoms with Gasteiger partial charge in [0.05, 0.1) is 46.0 Å². The number of hydrogen-bond acceptors (Lipinski definition) is 6. The fourth-order valence-electron chi connectivity index (χ4n) is 4.26. The number of carbonyl (C=O) groups is 2. The van der Waals surface area contributed by atoms with E-state index in [1.54, 1.807) is 6.07 Å². The van der Waals surface area contributed by atoms with Crippen LogP contribution in [0.15, 0.2) is 35.6 Å². The number of halogens is 4. The molecule has 40 heavy (non-hydrogen) atoms. The monoisotopic (exact) mass is 577 g/mol. The van der Waals surface area contributed by atoms with E-state index < -0.39 is 17.7 Å². The molecule has 1 aromatic carbocycles. The molecule has 0 unspecified atom stereocenters. The van der Waals surface area contributed by atoms with Crippen LogP contribution in [0.4, 0.5) is 18.9 Å². The summed E-state index contributed by atoms with van der Waals surface area (Å²) < 4.78 is 43.5. The highest BCUT2D eigenvalue weighted by atomic mass is 35.5. The lowest BCUT2D eigenvalue weighted by Crippen LogP contribution is -2.24. The molecule has 1 aliphatic carbocycles. The number of nitrogens with one attached hydrogen (secondary N) is 1. The van der Waals surface area contributed by atoms with Crippen molar-refractivity contribution < 1.29 is 22.8 Å². The van der Waals surface area contributed by atoms with E-state index in [1.165, 1.54) is 40.8 Å². The number of ketones is 1. The highest BCUT2D eigenvalue weighted by Gasteiger charge is 2.40. The molecule has 0 saturated heterocycles. The van der Waals surface area contributed by atoms with Gasteiger partial charge < -0.3 is 15.6 Å². The first-order valence-electron chi connectivity index (χ1n) is 13.1. The Morgan fingerprint density at radius 3 is 2.60 bits per heavy atom. The van der Waals surface area contributed by atoms with E-state index in [0.717, 1.165) is 51.2 Å². The molecule has 9 nitrogen and oxygen atoms in total. The van der Waals surface area contributed by atoms with Gasteiger partial charge in [0.25, 0.3) is 5.91 Å². The van der Waals surface area contributed by atoms with Gasteiger partial charge in [-0.1, -0.05) is 30.9 Å². The summed E-state index contributed by atoms with van der Waals surface area (Å²) in [7, 11) is 1.46. The molecule has 1 aliphatic rings. The number of hydrogen-bond donors (Lipinski definition) is 2. The minimum Gasteiger partial charge on any atom is -0.352 e. The van der Waals surface area contributed by atoms with E-state index in [-0.39, 0.29) is 39.6 Å². The van der Waals surface area contributed by atoms with Crippen molar-refractivity contribution in [3.63, 3.8) is 0 Å². The largest absolute Gasteiger partial charge is 0.435 e. The van der Waals surface area contributed by atoms with Gasteiger partial charge in [-0.05, 0) is 50.4 Å². The zero-order chi connectivity index (χ0) is 28.9. The van der Waals surface area contributed by atoms with E-state index in [1.807, 2.05) is 0 Å². The summed E-state index contributed by atoms with van der Waals surface area (Å²) in [6.45, 7) is 1.22. The second-order valence-electron chi connectivity index (χ2n) is 9.73. The Morgan fingerprint density at radius 1 is 1.20 bits per heavy atom. The van der Waals surface area contributed by atoms with Crippen LogP contribution in [0.3, 0.4) is 0 Å². The van der Waals surface area contributed by atoms with Crippen molar-refractivity contribution in [3.05, 3.63) is 52.7 Å². The van der Waals surface area contributed by atoms with E-state index in [2.05, 4.69) is 20.4 Å². The molecule has 1 saturated carbocycles. The Bertz CT molecular complexity index is 1390. The molecule has 214 valence electrons. The summed E-state index contributed by atoms with van der Waals surface area (Å²) in [5.74, 6) is -1.00. The molecule has 1 fully saturated rings. The predicted octanol–water partition coefficient (Wildman–Crippen LogP) is 5.51. The second kappa shape index (κ2) is 12.8. The Labute approximate surface area is 234 Å².